The van der Waals surface area contributed by atoms with E-state index >= 15 is 0 Å². The zero-order chi connectivity index (χ0) is 14.9. The molecule has 2 N–H and O–H groups in total. The smallest absolute Gasteiger partial charge is 0.161 e. The third-order valence-corrected chi connectivity index (χ3v) is 3.93. The lowest BCUT2D eigenvalue weighted by atomic mass is 10.0. The molecule has 108 valence electrons. The Balaban J connectivity index is 2.55. The number of hydrogen-bond acceptors (Lipinski definition) is 3. The Morgan fingerprint density at radius 2 is 2.10 bits per heavy atom. The summed E-state index contributed by atoms with van der Waals surface area (Å²) in [7, 11) is 1.61. The van der Waals surface area contributed by atoms with Crippen LogP contribution in [-0.4, -0.2) is 16.9 Å². The second-order valence-electron chi connectivity index (χ2n) is 4.78. The highest BCUT2D eigenvalue weighted by atomic mass is 79.9. The van der Waals surface area contributed by atoms with Gasteiger partial charge in [-0.1, -0.05) is 27.5 Å². The first-order valence-corrected chi connectivity index (χ1v) is 7.44. The summed E-state index contributed by atoms with van der Waals surface area (Å²) in [5.74, 6) is 0.669. The van der Waals surface area contributed by atoms with Crippen molar-refractivity contribution < 1.29 is 4.74 Å². The van der Waals surface area contributed by atoms with Crippen molar-refractivity contribution in [2.45, 2.75) is 25.9 Å². The van der Waals surface area contributed by atoms with Crippen molar-refractivity contribution in [2.24, 2.45) is 5.73 Å². The molecule has 2 rings (SSSR count). The molecule has 6 heteroatoms. The number of nitrogens with two attached hydrogens (primary N) is 1. The standard InChI is InChI=1S/C14H17BrClN3O/c1-8(2)19-14(12(20-3)7-18-19)13(17)10-6-9(15)4-5-11(10)16/h4-8,13H,17H2,1-3H3. The predicted molar refractivity (Wildman–Crippen MR) is 84.3 cm³/mol. The van der Waals surface area contributed by atoms with Gasteiger partial charge in [0.25, 0.3) is 0 Å². The minimum atomic E-state index is -0.403. The van der Waals surface area contributed by atoms with Crippen LogP contribution < -0.4 is 10.5 Å². The minimum Gasteiger partial charge on any atom is -0.493 e. The molecule has 1 aromatic carbocycles. The Hall–Kier alpha value is -1.04. The van der Waals surface area contributed by atoms with E-state index in [1.807, 2.05) is 36.7 Å². The minimum absolute atomic E-state index is 0.186. The van der Waals surface area contributed by atoms with Gasteiger partial charge in [-0.15, -0.1) is 0 Å². The highest BCUT2D eigenvalue weighted by molar-refractivity contribution is 9.10. The lowest BCUT2D eigenvalue weighted by Gasteiger charge is -2.19. The summed E-state index contributed by atoms with van der Waals surface area (Å²) >= 11 is 9.71. The Bertz CT molecular complexity index is 612. The summed E-state index contributed by atoms with van der Waals surface area (Å²) in [6, 6.07) is 5.41. The van der Waals surface area contributed by atoms with E-state index in [0.717, 1.165) is 15.7 Å². The number of halogens is 2. The second kappa shape index (κ2) is 6.16. The molecule has 1 unspecified atom stereocenters. The molecule has 0 saturated heterocycles. The van der Waals surface area contributed by atoms with Gasteiger partial charge in [0, 0.05) is 15.5 Å². The van der Waals surface area contributed by atoms with Crippen molar-refractivity contribution in [3.63, 3.8) is 0 Å². The SMILES string of the molecule is COc1cnn(C(C)C)c1C(N)c1cc(Br)ccc1Cl. The van der Waals surface area contributed by atoms with E-state index in [0.29, 0.717) is 10.8 Å². The summed E-state index contributed by atoms with van der Waals surface area (Å²) in [5.41, 5.74) is 8.06. The van der Waals surface area contributed by atoms with E-state index in [9.17, 15) is 0 Å². The maximum absolute atomic E-state index is 6.40. The highest BCUT2D eigenvalue weighted by Crippen LogP contribution is 2.34. The summed E-state index contributed by atoms with van der Waals surface area (Å²) in [6.45, 7) is 4.09. The van der Waals surface area contributed by atoms with E-state index in [1.165, 1.54) is 0 Å². The summed E-state index contributed by atoms with van der Waals surface area (Å²) in [5, 5.41) is 4.97. The fourth-order valence-corrected chi connectivity index (χ4v) is 2.73. The number of rotatable bonds is 4. The first-order valence-electron chi connectivity index (χ1n) is 6.27. The number of aromatic nitrogens is 2. The van der Waals surface area contributed by atoms with Crippen LogP contribution in [0.15, 0.2) is 28.9 Å². The lowest BCUT2D eigenvalue weighted by Crippen LogP contribution is -2.20. The van der Waals surface area contributed by atoms with E-state index in [4.69, 9.17) is 22.1 Å². The van der Waals surface area contributed by atoms with Gasteiger partial charge < -0.3 is 10.5 Å². The molecule has 2 aromatic rings. The molecule has 0 aliphatic heterocycles. The number of ether oxygens (including phenoxy) is 1. The van der Waals surface area contributed by atoms with E-state index in [1.54, 1.807) is 13.3 Å². The van der Waals surface area contributed by atoms with Gasteiger partial charge in [0.1, 0.15) is 5.69 Å². The first-order chi connectivity index (χ1) is 9.45. The average molecular weight is 359 g/mol. The fraction of sp³-hybridized carbons (Fsp3) is 0.357. The molecule has 0 saturated carbocycles. The van der Waals surface area contributed by atoms with Crippen LogP contribution in [0.5, 0.6) is 5.75 Å². The molecule has 0 spiro atoms. The molecular formula is C14H17BrClN3O. The molecule has 4 nitrogen and oxygen atoms in total. The van der Waals surface area contributed by atoms with Crippen LogP contribution in [0, 0.1) is 0 Å². The van der Waals surface area contributed by atoms with Crippen LogP contribution in [0.2, 0.25) is 5.02 Å². The Labute approximate surface area is 132 Å². The van der Waals surface area contributed by atoms with Gasteiger partial charge in [-0.3, -0.25) is 4.68 Å². The zero-order valence-electron chi connectivity index (χ0n) is 11.6. The largest absolute Gasteiger partial charge is 0.493 e. The Morgan fingerprint density at radius 1 is 1.40 bits per heavy atom. The van der Waals surface area contributed by atoms with Crippen molar-refractivity contribution >= 4 is 27.5 Å². The number of benzene rings is 1. The van der Waals surface area contributed by atoms with Gasteiger partial charge in [-0.05, 0) is 37.6 Å². The van der Waals surface area contributed by atoms with Gasteiger partial charge in [0.15, 0.2) is 5.75 Å². The van der Waals surface area contributed by atoms with Gasteiger partial charge >= 0.3 is 0 Å². The summed E-state index contributed by atoms with van der Waals surface area (Å²) in [6.07, 6.45) is 1.68. The molecule has 1 atom stereocenters. The maximum Gasteiger partial charge on any atom is 0.161 e. The quantitative estimate of drug-likeness (QED) is 0.900. The summed E-state index contributed by atoms with van der Waals surface area (Å²) < 4.78 is 8.16. The van der Waals surface area contributed by atoms with Gasteiger partial charge in [0.2, 0.25) is 0 Å². The van der Waals surface area contributed by atoms with Crippen molar-refractivity contribution in [1.29, 1.82) is 0 Å². The topological polar surface area (TPSA) is 53.1 Å². The maximum atomic E-state index is 6.40. The van der Waals surface area contributed by atoms with E-state index in [2.05, 4.69) is 21.0 Å². The van der Waals surface area contributed by atoms with Crippen LogP contribution in [-0.2, 0) is 0 Å². The van der Waals surface area contributed by atoms with Crippen LogP contribution in [0.3, 0.4) is 0 Å². The molecule has 0 aliphatic carbocycles. The summed E-state index contributed by atoms with van der Waals surface area (Å²) in [4.78, 5) is 0. The molecule has 0 aliphatic rings. The van der Waals surface area contributed by atoms with Crippen molar-refractivity contribution in [3.05, 3.63) is 45.1 Å². The van der Waals surface area contributed by atoms with E-state index < -0.39 is 6.04 Å². The van der Waals surface area contributed by atoms with Crippen LogP contribution in [0.25, 0.3) is 0 Å². The molecular weight excluding hydrogens is 342 g/mol. The fourth-order valence-electron chi connectivity index (χ4n) is 2.12. The van der Waals surface area contributed by atoms with Crippen molar-refractivity contribution in [1.82, 2.24) is 9.78 Å². The molecule has 0 amide bonds. The van der Waals surface area contributed by atoms with E-state index in [-0.39, 0.29) is 6.04 Å². The predicted octanol–water partition coefficient (Wildman–Crippen LogP) is 3.94. The molecule has 0 bridgehead atoms. The zero-order valence-corrected chi connectivity index (χ0v) is 13.9. The van der Waals surface area contributed by atoms with Gasteiger partial charge in [-0.2, -0.15) is 5.10 Å². The van der Waals surface area contributed by atoms with Crippen molar-refractivity contribution in [2.75, 3.05) is 7.11 Å². The number of methoxy groups -OCH3 is 1. The molecule has 0 radical (unpaired) electrons. The highest BCUT2D eigenvalue weighted by Gasteiger charge is 2.23. The number of nitrogens with zero attached hydrogens (tertiary/aromatic N) is 2. The Morgan fingerprint density at radius 3 is 2.70 bits per heavy atom. The first kappa shape index (κ1) is 15.4. The second-order valence-corrected chi connectivity index (χ2v) is 6.10. The Kier molecular flexibility index (Phi) is 4.73. The molecule has 1 aromatic heterocycles. The normalized spacial score (nSPS) is 12.8. The lowest BCUT2D eigenvalue weighted by molar-refractivity contribution is 0.401. The monoisotopic (exact) mass is 357 g/mol. The molecule has 0 fully saturated rings. The number of hydrogen-bond donors (Lipinski definition) is 1. The van der Waals surface area contributed by atoms with Crippen LogP contribution in [0.4, 0.5) is 0 Å². The average Bonchev–Trinajstić information content (AvgIpc) is 2.84. The van der Waals surface area contributed by atoms with Crippen LogP contribution in [0.1, 0.15) is 37.2 Å². The van der Waals surface area contributed by atoms with Gasteiger partial charge in [-0.25, -0.2) is 0 Å². The molecule has 1 heterocycles. The van der Waals surface area contributed by atoms with Crippen LogP contribution >= 0.6 is 27.5 Å². The third kappa shape index (κ3) is 2.85. The third-order valence-electron chi connectivity index (χ3n) is 3.10. The van der Waals surface area contributed by atoms with Gasteiger partial charge in [0.05, 0.1) is 19.3 Å². The molecule has 20 heavy (non-hydrogen) atoms. The van der Waals surface area contributed by atoms with Crippen molar-refractivity contribution in [3.8, 4) is 5.75 Å².